The highest BCUT2D eigenvalue weighted by Gasteiger charge is 2.37. The first-order valence-electron chi connectivity index (χ1n) is 11.2. The number of anilines is 1. The lowest BCUT2D eigenvalue weighted by molar-refractivity contribution is -0.134. The van der Waals surface area contributed by atoms with Crippen molar-refractivity contribution in [2.75, 3.05) is 31.2 Å². The molecule has 0 atom stereocenters. The van der Waals surface area contributed by atoms with Crippen molar-refractivity contribution < 1.29 is 28.7 Å². The second kappa shape index (κ2) is 9.85. The first-order valence-corrected chi connectivity index (χ1v) is 11.2. The number of esters is 1. The summed E-state index contributed by atoms with van der Waals surface area (Å²) in [5.41, 5.74) is 0.872. The summed E-state index contributed by atoms with van der Waals surface area (Å²) in [6.45, 7) is 3.38. The van der Waals surface area contributed by atoms with E-state index in [9.17, 15) is 19.2 Å². The highest BCUT2D eigenvalue weighted by molar-refractivity contribution is 6.34. The fourth-order valence-corrected chi connectivity index (χ4v) is 4.08. The quantitative estimate of drug-likeness (QED) is 0.494. The number of carbonyl (C=O) groups is 4. The molecule has 1 fully saturated rings. The average Bonchev–Trinajstić information content (AvgIpc) is 3.00. The summed E-state index contributed by atoms with van der Waals surface area (Å²) in [7, 11) is 0. The Labute approximate surface area is 192 Å². The van der Waals surface area contributed by atoms with Gasteiger partial charge < -0.3 is 14.4 Å². The standard InChI is InChI=1S/C25H26N2O6/c1-2-32-19-10-8-18(9-11-19)27-23(29)20-12-7-17(15-21(20)24(27)30)25(31)33-16-22(28)26-13-5-3-4-6-14-26/h7-12,15H,2-6,13-14,16H2,1H3. The van der Waals surface area contributed by atoms with Gasteiger partial charge in [-0.3, -0.25) is 14.4 Å². The molecule has 0 saturated carbocycles. The zero-order valence-electron chi connectivity index (χ0n) is 18.5. The van der Waals surface area contributed by atoms with Crippen LogP contribution in [0.1, 0.15) is 63.7 Å². The highest BCUT2D eigenvalue weighted by atomic mass is 16.5. The van der Waals surface area contributed by atoms with Crippen LogP contribution in [-0.2, 0) is 9.53 Å². The molecule has 1 saturated heterocycles. The molecule has 2 aliphatic heterocycles. The molecule has 2 aromatic carbocycles. The number of ether oxygens (including phenoxy) is 2. The van der Waals surface area contributed by atoms with Crippen molar-refractivity contribution in [1.82, 2.24) is 4.90 Å². The Morgan fingerprint density at radius 1 is 0.879 bits per heavy atom. The van der Waals surface area contributed by atoms with Gasteiger partial charge in [-0.1, -0.05) is 12.8 Å². The third-order valence-corrected chi connectivity index (χ3v) is 5.81. The van der Waals surface area contributed by atoms with Crippen molar-refractivity contribution in [3.63, 3.8) is 0 Å². The first-order chi connectivity index (χ1) is 16.0. The fourth-order valence-electron chi connectivity index (χ4n) is 4.08. The van der Waals surface area contributed by atoms with Crippen LogP contribution < -0.4 is 9.64 Å². The maximum Gasteiger partial charge on any atom is 0.338 e. The van der Waals surface area contributed by atoms with Crippen LogP contribution in [0, 0.1) is 0 Å². The lowest BCUT2D eigenvalue weighted by Crippen LogP contribution is -2.35. The number of fused-ring (bicyclic) bond motifs is 1. The number of rotatable bonds is 6. The van der Waals surface area contributed by atoms with E-state index < -0.39 is 17.8 Å². The van der Waals surface area contributed by atoms with Crippen molar-refractivity contribution in [3.8, 4) is 5.75 Å². The Bertz CT molecular complexity index is 1070. The Kier molecular flexibility index (Phi) is 6.72. The van der Waals surface area contributed by atoms with Crippen LogP contribution in [0.4, 0.5) is 5.69 Å². The monoisotopic (exact) mass is 450 g/mol. The second-order valence-corrected chi connectivity index (χ2v) is 8.00. The van der Waals surface area contributed by atoms with Crippen molar-refractivity contribution in [1.29, 1.82) is 0 Å². The SMILES string of the molecule is CCOc1ccc(N2C(=O)c3ccc(C(=O)OCC(=O)N4CCCCCC4)cc3C2=O)cc1. The van der Waals surface area contributed by atoms with E-state index in [1.165, 1.54) is 18.2 Å². The molecule has 0 spiro atoms. The normalized spacial score (nSPS) is 15.8. The van der Waals surface area contributed by atoms with Gasteiger partial charge in [0.1, 0.15) is 5.75 Å². The minimum atomic E-state index is -0.708. The number of imide groups is 1. The molecule has 4 rings (SSSR count). The molecular weight excluding hydrogens is 424 g/mol. The van der Waals surface area contributed by atoms with Crippen LogP contribution in [0.15, 0.2) is 42.5 Å². The van der Waals surface area contributed by atoms with Gasteiger partial charge in [0.05, 0.1) is 29.0 Å². The zero-order valence-corrected chi connectivity index (χ0v) is 18.5. The smallest absolute Gasteiger partial charge is 0.338 e. The minimum absolute atomic E-state index is 0.118. The molecule has 0 aliphatic carbocycles. The molecule has 8 nitrogen and oxygen atoms in total. The first kappa shape index (κ1) is 22.5. The Morgan fingerprint density at radius 2 is 1.55 bits per heavy atom. The fraction of sp³-hybridized carbons (Fsp3) is 0.360. The van der Waals surface area contributed by atoms with Crippen LogP contribution in [-0.4, -0.2) is 54.9 Å². The number of carbonyl (C=O) groups excluding carboxylic acids is 4. The third-order valence-electron chi connectivity index (χ3n) is 5.81. The van der Waals surface area contributed by atoms with Gasteiger partial charge in [-0.05, 0) is 62.2 Å². The number of benzene rings is 2. The van der Waals surface area contributed by atoms with Crippen molar-refractivity contribution in [2.45, 2.75) is 32.6 Å². The molecule has 2 aliphatic rings. The summed E-state index contributed by atoms with van der Waals surface area (Å²) < 4.78 is 10.6. The molecule has 0 N–H and O–H groups in total. The van der Waals surface area contributed by atoms with Crippen LogP contribution in [0.25, 0.3) is 0 Å². The molecule has 2 aromatic rings. The van der Waals surface area contributed by atoms with E-state index in [1.807, 2.05) is 6.92 Å². The summed E-state index contributed by atoms with van der Waals surface area (Å²) in [5.74, 6) is -1.28. The second-order valence-electron chi connectivity index (χ2n) is 8.00. The summed E-state index contributed by atoms with van der Waals surface area (Å²) >= 11 is 0. The van der Waals surface area contributed by atoms with E-state index in [2.05, 4.69) is 0 Å². The molecule has 2 heterocycles. The predicted molar refractivity (Wildman–Crippen MR) is 121 cm³/mol. The maximum absolute atomic E-state index is 13.0. The van der Waals surface area contributed by atoms with E-state index in [0.29, 0.717) is 31.1 Å². The molecule has 0 bridgehead atoms. The summed E-state index contributed by atoms with van der Waals surface area (Å²) in [4.78, 5) is 53.5. The van der Waals surface area contributed by atoms with Gasteiger partial charge in [0.2, 0.25) is 0 Å². The molecule has 3 amide bonds. The van der Waals surface area contributed by atoms with E-state index in [4.69, 9.17) is 9.47 Å². The van der Waals surface area contributed by atoms with Gasteiger partial charge in [-0.2, -0.15) is 0 Å². The highest BCUT2D eigenvalue weighted by Crippen LogP contribution is 2.30. The summed E-state index contributed by atoms with van der Waals surface area (Å²) in [6.07, 6.45) is 4.09. The van der Waals surface area contributed by atoms with Crippen LogP contribution in [0.5, 0.6) is 5.75 Å². The topological polar surface area (TPSA) is 93.2 Å². The minimum Gasteiger partial charge on any atom is -0.494 e. The third kappa shape index (κ3) is 4.74. The Hall–Kier alpha value is -3.68. The molecule has 172 valence electrons. The van der Waals surface area contributed by atoms with E-state index in [1.54, 1.807) is 29.2 Å². The number of likely N-dealkylation sites (tertiary alicyclic amines) is 1. The maximum atomic E-state index is 13.0. The predicted octanol–water partition coefficient (Wildman–Crippen LogP) is 3.45. The number of hydrogen-bond acceptors (Lipinski definition) is 6. The molecule has 33 heavy (non-hydrogen) atoms. The number of hydrogen-bond donors (Lipinski definition) is 0. The van der Waals surface area contributed by atoms with E-state index >= 15 is 0 Å². The molecule has 0 unspecified atom stereocenters. The van der Waals surface area contributed by atoms with Gasteiger partial charge in [0.25, 0.3) is 17.7 Å². The van der Waals surface area contributed by atoms with Gasteiger partial charge >= 0.3 is 5.97 Å². The zero-order chi connectivity index (χ0) is 23.4. The van der Waals surface area contributed by atoms with E-state index in [-0.39, 0.29) is 29.2 Å². The molecular formula is C25H26N2O6. The molecule has 0 aromatic heterocycles. The number of nitrogens with zero attached hydrogens (tertiary/aromatic N) is 2. The van der Waals surface area contributed by atoms with Crippen molar-refractivity contribution >= 4 is 29.4 Å². The molecule has 8 heteroatoms. The molecule has 0 radical (unpaired) electrons. The largest absolute Gasteiger partial charge is 0.494 e. The Balaban J connectivity index is 1.44. The lowest BCUT2D eigenvalue weighted by atomic mass is 10.1. The number of amides is 3. The van der Waals surface area contributed by atoms with Crippen molar-refractivity contribution in [2.24, 2.45) is 0 Å². The Morgan fingerprint density at radius 3 is 2.21 bits per heavy atom. The van der Waals surface area contributed by atoms with Gasteiger partial charge in [-0.15, -0.1) is 0 Å². The van der Waals surface area contributed by atoms with Crippen LogP contribution in [0.2, 0.25) is 0 Å². The van der Waals surface area contributed by atoms with E-state index in [0.717, 1.165) is 30.6 Å². The summed E-state index contributed by atoms with van der Waals surface area (Å²) in [6, 6.07) is 10.9. The van der Waals surface area contributed by atoms with Gasteiger partial charge in [-0.25, -0.2) is 9.69 Å². The van der Waals surface area contributed by atoms with Gasteiger partial charge in [0.15, 0.2) is 6.61 Å². The van der Waals surface area contributed by atoms with Crippen LogP contribution >= 0.6 is 0 Å². The van der Waals surface area contributed by atoms with Crippen molar-refractivity contribution in [3.05, 3.63) is 59.2 Å². The summed E-state index contributed by atoms with van der Waals surface area (Å²) in [5, 5.41) is 0. The van der Waals surface area contributed by atoms with Crippen LogP contribution in [0.3, 0.4) is 0 Å². The lowest BCUT2D eigenvalue weighted by Gasteiger charge is -2.19. The van der Waals surface area contributed by atoms with Gasteiger partial charge in [0, 0.05) is 13.1 Å². The average molecular weight is 450 g/mol.